The lowest BCUT2D eigenvalue weighted by molar-refractivity contribution is 0.0620. The molecule has 130 valence electrons. The summed E-state index contributed by atoms with van der Waals surface area (Å²) < 4.78 is 4.22. The average molecular weight is 329 g/mol. The maximum absolute atomic E-state index is 13.3. The van der Waals surface area contributed by atoms with Crippen LogP contribution in [-0.2, 0) is 7.05 Å². The minimum Gasteiger partial charge on any atom is -0.346 e. The molecule has 1 amide bonds. The largest absolute Gasteiger partial charge is 0.346 e. The van der Waals surface area contributed by atoms with Crippen molar-refractivity contribution in [1.82, 2.24) is 24.3 Å². The Labute approximate surface area is 143 Å². The number of nitrogens with zero attached hydrogens (tertiary/aromatic N) is 4. The number of aromatic nitrogens is 3. The van der Waals surface area contributed by atoms with E-state index in [9.17, 15) is 4.79 Å². The molecule has 2 aromatic rings. The van der Waals surface area contributed by atoms with Gasteiger partial charge < -0.3 is 19.4 Å². The first-order chi connectivity index (χ1) is 11.4. The summed E-state index contributed by atoms with van der Waals surface area (Å²) in [6, 6.07) is 2.34. The van der Waals surface area contributed by atoms with E-state index in [1.807, 2.05) is 35.7 Å². The van der Waals surface area contributed by atoms with Crippen molar-refractivity contribution in [3.63, 3.8) is 0 Å². The molecular weight excluding hydrogens is 302 g/mol. The topological polar surface area (TPSA) is 55.1 Å². The average Bonchev–Trinajstić information content (AvgIpc) is 3.09. The van der Waals surface area contributed by atoms with Crippen LogP contribution in [0.15, 0.2) is 18.5 Å². The lowest BCUT2D eigenvalue weighted by Gasteiger charge is -2.35. The van der Waals surface area contributed by atoms with Gasteiger partial charge in [-0.25, -0.2) is 4.98 Å². The lowest BCUT2D eigenvalue weighted by Crippen LogP contribution is -2.49. The SMILES string of the molecule is Cc1cc(C(=O)N2CCNCC2c2nccn2C)c(C)n1C(C)C. The summed E-state index contributed by atoms with van der Waals surface area (Å²) in [5.41, 5.74) is 2.99. The molecule has 6 nitrogen and oxygen atoms in total. The summed E-state index contributed by atoms with van der Waals surface area (Å²) in [5, 5.41) is 3.38. The molecule has 0 aromatic carbocycles. The predicted molar refractivity (Wildman–Crippen MR) is 94.1 cm³/mol. The van der Waals surface area contributed by atoms with Crippen molar-refractivity contribution in [3.05, 3.63) is 41.2 Å². The van der Waals surface area contributed by atoms with Gasteiger partial charge in [-0.2, -0.15) is 0 Å². The molecule has 1 fully saturated rings. The van der Waals surface area contributed by atoms with Crippen LogP contribution in [0.1, 0.15) is 53.5 Å². The minimum absolute atomic E-state index is 0.0339. The van der Waals surface area contributed by atoms with E-state index < -0.39 is 0 Å². The van der Waals surface area contributed by atoms with Crippen LogP contribution in [0.3, 0.4) is 0 Å². The van der Waals surface area contributed by atoms with Gasteiger partial charge in [-0.1, -0.05) is 0 Å². The van der Waals surface area contributed by atoms with Crippen molar-refractivity contribution in [2.45, 2.75) is 39.8 Å². The molecule has 24 heavy (non-hydrogen) atoms. The van der Waals surface area contributed by atoms with E-state index in [1.165, 1.54) is 0 Å². The molecule has 1 atom stereocenters. The zero-order chi connectivity index (χ0) is 17.4. The van der Waals surface area contributed by atoms with Crippen molar-refractivity contribution < 1.29 is 4.79 Å². The van der Waals surface area contributed by atoms with Crippen LogP contribution in [0.25, 0.3) is 0 Å². The van der Waals surface area contributed by atoms with Crippen LogP contribution in [0.5, 0.6) is 0 Å². The van der Waals surface area contributed by atoms with Crippen LogP contribution < -0.4 is 5.32 Å². The number of rotatable bonds is 3. The molecule has 1 aliphatic rings. The fourth-order valence-corrected chi connectivity index (χ4v) is 3.82. The minimum atomic E-state index is -0.0339. The Balaban J connectivity index is 1.96. The Bertz CT molecular complexity index is 743. The molecular formula is C18H27N5O. The molecule has 6 heteroatoms. The number of imidazole rings is 1. The van der Waals surface area contributed by atoms with Gasteiger partial charge in [0.15, 0.2) is 0 Å². The maximum atomic E-state index is 13.3. The molecule has 0 aliphatic carbocycles. The highest BCUT2D eigenvalue weighted by Crippen LogP contribution is 2.26. The third-order valence-electron chi connectivity index (χ3n) is 4.89. The monoisotopic (exact) mass is 329 g/mol. The second-order valence-electron chi connectivity index (χ2n) is 6.86. The normalized spacial score (nSPS) is 18.4. The van der Waals surface area contributed by atoms with Gasteiger partial charge in [0.2, 0.25) is 0 Å². The summed E-state index contributed by atoms with van der Waals surface area (Å²) in [7, 11) is 1.98. The first-order valence-corrected chi connectivity index (χ1v) is 8.59. The smallest absolute Gasteiger partial charge is 0.256 e. The molecule has 0 radical (unpaired) electrons. The Morgan fingerprint density at radius 2 is 2.12 bits per heavy atom. The first-order valence-electron chi connectivity index (χ1n) is 8.59. The second kappa shape index (κ2) is 6.43. The van der Waals surface area contributed by atoms with Crippen LogP contribution in [0, 0.1) is 13.8 Å². The van der Waals surface area contributed by atoms with Gasteiger partial charge in [-0.05, 0) is 33.8 Å². The standard InChI is InChI=1S/C18H27N5O/c1-12(2)23-13(3)10-15(14(23)4)18(24)22-9-6-19-11-16(22)17-20-7-8-21(17)5/h7-8,10,12,16,19H,6,9,11H2,1-5H3. The number of amides is 1. The third-order valence-corrected chi connectivity index (χ3v) is 4.89. The number of hydrogen-bond donors (Lipinski definition) is 1. The lowest BCUT2D eigenvalue weighted by atomic mass is 10.1. The van der Waals surface area contributed by atoms with Crippen LogP contribution in [-0.4, -0.2) is 44.6 Å². The number of carbonyl (C=O) groups is 1. The van der Waals surface area contributed by atoms with E-state index >= 15 is 0 Å². The second-order valence-corrected chi connectivity index (χ2v) is 6.86. The maximum Gasteiger partial charge on any atom is 0.256 e. The van der Waals surface area contributed by atoms with Crippen molar-refractivity contribution >= 4 is 5.91 Å². The molecule has 3 rings (SSSR count). The molecule has 0 saturated carbocycles. The van der Waals surface area contributed by atoms with E-state index in [2.05, 4.69) is 35.6 Å². The zero-order valence-electron chi connectivity index (χ0n) is 15.2. The zero-order valence-corrected chi connectivity index (χ0v) is 15.2. The van der Waals surface area contributed by atoms with Crippen molar-refractivity contribution in [1.29, 1.82) is 0 Å². The summed E-state index contributed by atoms with van der Waals surface area (Å²) in [5.74, 6) is 1.03. The number of hydrogen-bond acceptors (Lipinski definition) is 3. The molecule has 1 saturated heterocycles. The van der Waals surface area contributed by atoms with Crippen LogP contribution in [0.4, 0.5) is 0 Å². The van der Waals surface area contributed by atoms with Crippen LogP contribution in [0.2, 0.25) is 0 Å². The van der Waals surface area contributed by atoms with E-state index in [0.717, 1.165) is 35.9 Å². The highest BCUT2D eigenvalue weighted by atomic mass is 16.2. The number of nitrogens with one attached hydrogen (secondary N) is 1. The number of carbonyl (C=O) groups excluding carboxylic acids is 1. The van der Waals surface area contributed by atoms with Gasteiger partial charge in [-0.15, -0.1) is 0 Å². The van der Waals surface area contributed by atoms with Gasteiger partial charge in [0.25, 0.3) is 5.91 Å². The molecule has 1 N–H and O–H groups in total. The molecule has 2 aromatic heterocycles. The van der Waals surface area contributed by atoms with Gasteiger partial charge in [-0.3, -0.25) is 4.79 Å². The van der Waals surface area contributed by atoms with Gasteiger partial charge in [0.1, 0.15) is 11.9 Å². The Morgan fingerprint density at radius 1 is 1.38 bits per heavy atom. The van der Waals surface area contributed by atoms with Gasteiger partial charge >= 0.3 is 0 Å². The van der Waals surface area contributed by atoms with Crippen LogP contribution >= 0.6 is 0 Å². The van der Waals surface area contributed by atoms with E-state index in [-0.39, 0.29) is 11.9 Å². The fourth-order valence-electron chi connectivity index (χ4n) is 3.82. The van der Waals surface area contributed by atoms with Crippen molar-refractivity contribution in [3.8, 4) is 0 Å². The van der Waals surface area contributed by atoms with E-state index in [0.29, 0.717) is 12.6 Å². The highest BCUT2D eigenvalue weighted by molar-refractivity contribution is 5.96. The van der Waals surface area contributed by atoms with Gasteiger partial charge in [0.05, 0.1) is 5.56 Å². The Hall–Kier alpha value is -2.08. The quantitative estimate of drug-likeness (QED) is 0.939. The molecule has 0 bridgehead atoms. The molecule has 1 unspecified atom stereocenters. The number of piperazine rings is 1. The highest BCUT2D eigenvalue weighted by Gasteiger charge is 2.32. The fraction of sp³-hybridized carbons (Fsp3) is 0.556. The Morgan fingerprint density at radius 3 is 2.71 bits per heavy atom. The van der Waals surface area contributed by atoms with E-state index in [4.69, 9.17) is 0 Å². The summed E-state index contributed by atoms with van der Waals surface area (Å²) in [4.78, 5) is 19.7. The molecule has 0 spiro atoms. The van der Waals surface area contributed by atoms with E-state index in [1.54, 1.807) is 6.20 Å². The number of aryl methyl sites for hydroxylation is 2. The van der Waals surface area contributed by atoms with Crippen molar-refractivity contribution in [2.24, 2.45) is 7.05 Å². The first kappa shape index (κ1) is 16.8. The molecule has 1 aliphatic heterocycles. The molecule has 3 heterocycles. The third kappa shape index (κ3) is 2.75. The summed E-state index contributed by atoms with van der Waals surface area (Å²) >= 11 is 0. The summed E-state index contributed by atoms with van der Waals surface area (Å²) in [6.07, 6.45) is 3.72. The predicted octanol–water partition coefficient (Wildman–Crippen LogP) is 2.21. The van der Waals surface area contributed by atoms with Crippen molar-refractivity contribution in [2.75, 3.05) is 19.6 Å². The summed E-state index contributed by atoms with van der Waals surface area (Å²) in [6.45, 7) is 10.7. The van der Waals surface area contributed by atoms with Gasteiger partial charge in [0, 0.05) is 56.5 Å². The Kier molecular flexibility index (Phi) is 4.49.